The minimum atomic E-state index is -0.295. The van der Waals surface area contributed by atoms with Crippen LogP contribution in [0.1, 0.15) is 41.0 Å². The third-order valence-corrected chi connectivity index (χ3v) is 1.68. The van der Waals surface area contributed by atoms with Crippen LogP contribution in [0.4, 0.5) is 0 Å². The Morgan fingerprint density at radius 1 is 1.24 bits per heavy atom. The molecule has 17 heavy (non-hydrogen) atoms. The van der Waals surface area contributed by atoms with Gasteiger partial charge in [-0.2, -0.15) is 0 Å². The number of nitrogens with one attached hydrogen (secondary N) is 2. The monoisotopic (exact) mass is 244 g/mol. The summed E-state index contributed by atoms with van der Waals surface area (Å²) in [5, 5.41) is 5.72. The highest BCUT2D eigenvalue weighted by atomic mass is 16.5. The molecule has 0 heterocycles. The largest absolute Gasteiger partial charge is 0.462 e. The molecular formula is C12H24N2O3. The number of hydrogen-bond acceptors (Lipinski definition) is 4. The van der Waals surface area contributed by atoms with Crippen LogP contribution < -0.4 is 10.6 Å². The van der Waals surface area contributed by atoms with Crippen LogP contribution in [0.5, 0.6) is 0 Å². The van der Waals surface area contributed by atoms with Crippen molar-refractivity contribution in [2.24, 2.45) is 0 Å². The van der Waals surface area contributed by atoms with Crippen LogP contribution in [0, 0.1) is 0 Å². The number of amides is 1. The zero-order valence-electron chi connectivity index (χ0n) is 11.4. The topological polar surface area (TPSA) is 67.4 Å². The molecule has 0 saturated heterocycles. The first-order valence-electron chi connectivity index (χ1n) is 5.92. The molecule has 0 rings (SSSR count). The number of carbonyl (C=O) groups is 2. The molecule has 2 N–H and O–H groups in total. The summed E-state index contributed by atoms with van der Waals surface area (Å²) in [6, 6.07) is 0. The molecule has 0 atom stereocenters. The van der Waals surface area contributed by atoms with Gasteiger partial charge in [0, 0.05) is 18.5 Å². The lowest BCUT2D eigenvalue weighted by atomic mass is 10.1. The highest BCUT2D eigenvalue weighted by Gasteiger charge is 2.13. The Kier molecular flexibility index (Phi) is 6.80. The summed E-state index contributed by atoms with van der Waals surface area (Å²) in [6.45, 7) is 9.99. The second-order valence-electron chi connectivity index (χ2n) is 5.26. The maximum absolute atomic E-state index is 11.4. The van der Waals surface area contributed by atoms with Gasteiger partial charge >= 0.3 is 5.97 Å². The molecule has 0 spiro atoms. The fraction of sp³-hybridized carbons (Fsp3) is 0.833. The van der Waals surface area contributed by atoms with Gasteiger partial charge in [0.1, 0.15) is 0 Å². The zero-order chi connectivity index (χ0) is 13.5. The molecular weight excluding hydrogens is 220 g/mol. The lowest BCUT2D eigenvalue weighted by Gasteiger charge is -2.20. The first-order valence-corrected chi connectivity index (χ1v) is 5.92. The molecule has 1 amide bonds. The highest BCUT2D eigenvalue weighted by molar-refractivity contribution is 5.77. The van der Waals surface area contributed by atoms with Crippen LogP contribution in [0.3, 0.4) is 0 Å². The van der Waals surface area contributed by atoms with Crippen molar-refractivity contribution in [3.05, 3.63) is 0 Å². The summed E-state index contributed by atoms with van der Waals surface area (Å²) >= 11 is 0. The summed E-state index contributed by atoms with van der Waals surface area (Å²) in [5.74, 6) is -0.321. The van der Waals surface area contributed by atoms with E-state index >= 15 is 0 Å². The number of rotatable bonds is 6. The minimum absolute atomic E-state index is 0.0257. The Morgan fingerprint density at radius 3 is 2.29 bits per heavy atom. The zero-order valence-corrected chi connectivity index (χ0v) is 11.4. The van der Waals surface area contributed by atoms with Crippen LogP contribution in [-0.4, -0.2) is 36.6 Å². The van der Waals surface area contributed by atoms with Gasteiger partial charge in [0.15, 0.2) is 0 Å². The second kappa shape index (κ2) is 7.27. The molecule has 5 nitrogen and oxygen atoms in total. The van der Waals surface area contributed by atoms with Crippen LogP contribution in [0.2, 0.25) is 0 Å². The molecule has 0 aliphatic heterocycles. The average Bonchev–Trinajstić information content (AvgIpc) is 2.08. The molecule has 0 saturated carbocycles. The quantitative estimate of drug-likeness (QED) is 0.536. The minimum Gasteiger partial charge on any atom is -0.462 e. The lowest BCUT2D eigenvalue weighted by Crippen LogP contribution is -2.41. The van der Waals surface area contributed by atoms with Crippen molar-refractivity contribution in [1.29, 1.82) is 0 Å². The van der Waals surface area contributed by atoms with Crippen molar-refractivity contribution in [2.45, 2.75) is 52.7 Å². The van der Waals surface area contributed by atoms with Gasteiger partial charge in [-0.15, -0.1) is 0 Å². The van der Waals surface area contributed by atoms with Crippen molar-refractivity contribution in [3.8, 4) is 0 Å². The predicted molar refractivity (Wildman–Crippen MR) is 66.6 cm³/mol. The van der Waals surface area contributed by atoms with Crippen LogP contribution in [-0.2, 0) is 14.3 Å². The SMILES string of the molecule is CC(C)OC(=O)CNCCC(=O)NC(C)(C)C. The molecule has 0 fully saturated rings. The predicted octanol–water partition coefficient (Wildman–Crippen LogP) is 0.832. The third-order valence-electron chi connectivity index (χ3n) is 1.68. The summed E-state index contributed by atoms with van der Waals surface area (Å²) in [7, 11) is 0. The van der Waals surface area contributed by atoms with E-state index < -0.39 is 0 Å². The van der Waals surface area contributed by atoms with Crippen molar-refractivity contribution < 1.29 is 14.3 Å². The molecule has 5 heteroatoms. The van der Waals surface area contributed by atoms with E-state index in [1.807, 2.05) is 20.8 Å². The first-order chi connectivity index (χ1) is 7.70. The molecule has 0 unspecified atom stereocenters. The molecule has 0 aromatic rings. The van der Waals surface area contributed by atoms with E-state index in [2.05, 4.69) is 10.6 Å². The molecule has 0 aliphatic carbocycles. The van der Waals surface area contributed by atoms with Gasteiger partial charge in [0.05, 0.1) is 12.6 Å². The number of esters is 1. The lowest BCUT2D eigenvalue weighted by molar-refractivity contribution is -0.146. The van der Waals surface area contributed by atoms with E-state index in [0.717, 1.165) is 0 Å². The van der Waals surface area contributed by atoms with Gasteiger partial charge < -0.3 is 15.4 Å². The standard InChI is InChI=1S/C12H24N2O3/c1-9(2)17-11(16)8-13-7-6-10(15)14-12(3,4)5/h9,13H,6-8H2,1-5H3,(H,14,15). The third kappa shape index (κ3) is 11.2. The Labute approximate surface area is 103 Å². The number of hydrogen-bond donors (Lipinski definition) is 2. The Morgan fingerprint density at radius 2 is 1.82 bits per heavy atom. The average molecular weight is 244 g/mol. The summed E-state index contributed by atoms with van der Waals surface area (Å²) in [5.41, 5.74) is -0.215. The normalized spacial score (nSPS) is 11.4. The Hall–Kier alpha value is -1.10. The Balaban J connectivity index is 3.58. The van der Waals surface area contributed by atoms with Crippen LogP contribution in [0.15, 0.2) is 0 Å². The number of carbonyl (C=O) groups excluding carboxylic acids is 2. The van der Waals surface area contributed by atoms with Gasteiger partial charge in [-0.05, 0) is 34.6 Å². The Bertz CT molecular complexity index is 257. The van der Waals surface area contributed by atoms with E-state index in [1.165, 1.54) is 0 Å². The van der Waals surface area contributed by atoms with E-state index in [1.54, 1.807) is 13.8 Å². The van der Waals surface area contributed by atoms with Gasteiger partial charge in [-0.3, -0.25) is 9.59 Å². The van der Waals surface area contributed by atoms with E-state index in [-0.39, 0.29) is 30.1 Å². The maximum atomic E-state index is 11.4. The smallest absolute Gasteiger partial charge is 0.320 e. The van der Waals surface area contributed by atoms with E-state index in [9.17, 15) is 9.59 Å². The maximum Gasteiger partial charge on any atom is 0.320 e. The summed E-state index contributed by atoms with van der Waals surface area (Å²) in [4.78, 5) is 22.6. The highest BCUT2D eigenvalue weighted by Crippen LogP contribution is 1.98. The van der Waals surface area contributed by atoms with Gasteiger partial charge in [-0.1, -0.05) is 0 Å². The molecule has 0 radical (unpaired) electrons. The van der Waals surface area contributed by atoms with Crippen molar-refractivity contribution >= 4 is 11.9 Å². The van der Waals surface area contributed by atoms with Crippen molar-refractivity contribution in [1.82, 2.24) is 10.6 Å². The second-order valence-corrected chi connectivity index (χ2v) is 5.26. The summed E-state index contributed by atoms with van der Waals surface area (Å²) < 4.78 is 4.94. The van der Waals surface area contributed by atoms with Crippen LogP contribution >= 0.6 is 0 Å². The molecule has 0 bridgehead atoms. The van der Waals surface area contributed by atoms with Gasteiger partial charge in [0.2, 0.25) is 5.91 Å². The molecule has 100 valence electrons. The first kappa shape index (κ1) is 15.9. The van der Waals surface area contributed by atoms with Crippen molar-refractivity contribution in [3.63, 3.8) is 0 Å². The molecule has 0 aromatic carbocycles. The molecule has 0 aromatic heterocycles. The fourth-order valence-corrected chi connectivity index (χ4v) is 1.18. The van der Waals surface area contributed by atoms with Crippen LogP contribution in [0.25, 0.3) is 0 Å². The molecule has 0 aliphatic rings. The van der Waals surface area contributed by atoms with Gasteiger partial charge in [-0.25, -0.2) is 0 Å². The summed E-state index contributed by atoms with van der Waals surface area (Å²) in [6.07, 6.45) is 0.250. The van der Waals surface area contributed by atoms with E-state index in [0.29, 0.717) is 13.0 Å². The van der Waals surface area contributed by atoms with Gasteiger partial charge in [0.25, 0.3) is 0 Å². The van der Waals surface area contributed by atoms with E-state index in [4.69, 9.17) is 4.74 Å². The fourth-order valence-electron chi connectivity index (χ4n) is 1.18. The van der Waals surface area contributed by atoms with Crippen molar-refractivity contribution in [2.75, 3.05) is 13.1 Å². The number of ether oxygens (including phenoxy) is 1.